The van der Waals surface area contributed by atoms with E-state index in [1.54, 1.807) is 6.92 Å². The van der Waals surface area contributed by atoms with E-state index >= 15 is 0 Å². The van der Waals surface area contributed by atoms with E-state index in [1.165, 1.54) is 6.42 Å². The summed E-state index contributed by atoms with van der Waals surface area (Å²) < 4.78 is 0. The van der Waals surface area contributed by atoms with Crippen LogP contribution in [-0.2, 0) is 0 Å². The molecule has 0 saturated carbocycles. The first-order valence-corrected chi connectivity index (χ1v) is 4.68. The first-order chi connectivity index (χ1) is 5.52. The van der Waals surface area contributed by atoms with E-state index in [0.29, 0.717) is 5.92 Å². The second-order valence-electron chi connectivity index (χ2n) is 3.94. The predicted octanol–water partition coefficient (Wildman–Crippen LogP) is 2.44. The molecular formula is C11H20O. The van der Waals surface area contributed by atoms with Crippen molar-refractivity contribution in [3.05, 3.63) is 0 Å². The Morgan fingerprint density at radius 3 is 2.17 bits per heavy atom. The van der Waals surface area contributed by atoms with Gasteiger partial charge in [0.05, 0.1) is 0 Å². The highest BCUT2D eigenvalue weighted by molar-refractivity contribution is 5.03. The molecule has 0 aliphatic rings. The zero-order valence-corrected chi connectivity index (χ0v) is 8.59. The van der Waals surface area contributed by atoms with Crippen LogP contribution in [0.5, 0.6) is 0 Å². The van der Waals surface area contributed by atoms with Crippen molar-refractivity contribution < 1.29 is 5.11 Å². The molecule has 0 fully saturated rings. The molecule has 0 aromatic rings. The van der Waals surface area contributed by atoms with Gasteiger partial charge in [-0.15, -0.1) is 5.92 Å². The van der Waals surface area contributed by atoms with Crippen molar-refractivity contribution in [3.63, 3.8) is 0 Å². The van der Waals surface area contributed by atoms with E-state index in [1.807, 2.05) is 0 Å². The Morgan fingerprint density at radius 1 is 1.17 bits per heavy atom. The summed E-state index contributed by atoms with van der Waals surface area (Å²) >= 11 is 0. The van der Waals surface area contributed by atoms with Crippen molar-refractivity contribution in [2.75, 3.05) is 0 Å². The fourth-order valence-corrected chi connectivity index (χ4v) is 1.27. The average molecular weight is 168 g/mol. The average Bonchev–Trinajstić information content (AvgIpc) is 1.84. The maximum atomic E-state index is 8.87. The fourth-order valence-electron chi connectivity index (χ4n) is 1.27. The Balaban J connectivity index is 3.58. The van der Waals surface area contributed by atoms with E-state index in [4.69, 9.17) is 5.11 Å². The maximum Gasteiger partial charge on any atom is 0.111 e. The summed E-state index contributed by atoms with van der Waals surface area (Å²) in [5.74, 6) is 7.14. The number of hydrogen-bond acceptors (Lipinski definition) is 1. The topological polar surface area (TPSA) is 20.2 Å². The highest BCUT2D eigenvalue weighted by atomic mass is 16.3. The Bertz CT molecular complexity index is 160. The Morgan fingerprint density at radius 2 is 1.75 bits per heavy atom. The molecule has 0 amide bonds. The normalized spacial score (nSPS) is 15.2. The van der Waals surface area contributed by atoms with Crippen LogP contribution in [0, 0.1) is 23.7 Å². The molecule has 2 unspecified atom stereocenters. The summed E-state index contributed by atoms with van der Waals surface area (Å²) in [5, 5.41) is 8.87. The third kappa shape index (κ3) is 7.63. The smallest absolute Gasteiger partial charge is 0.111 e. The van der Waals surface area contributed by atoms with Crippen LogP contribution >= 0.6 is 0 Å². The molecule has 0 heterocycles. The van der Waals surface area contributed by atoms with Crippen molar-refractivity contribution in [3.8, 4) is 11.8 Å². The molecule has 1 nitrogen and oxygen atoms in total. The van der Waals surface area contributed by atoms with Crippen LogP contribution in [0.1, 0.15) is 40.5 Å². The van der Waals surface area contributed by atoms with Crippen LogP contribution in [0.15, 0.2) is 0 Å². The number of rotatable bonds is 3. The summed E-state index contributed by atoms with van der Waals surface area (Å²) in [7, 11) is 0. The second-order valence-corrected chi connectivity index (χ2v) is 3.94. The molecule has 0 aliphatic carbocycles. The Labute approximate surface area is 76.2 Å². The van der Waals surface area contributed by atoms with E-state index in [-0.39, 0.29) is 0 Å². The molecule has 2 atom stereocenters. The molecule has 0 aromatic heterocycles. The third-order valence-electron chi connectivity index (χ3n) is 1.64. The van der Waals surface area contributed by atoms with Gasteiger partial charge in [-0.3, -0.25) is 0 Å². The lowest BCUT2D eigenvalue weighted by atomic mass is 9.96. The van der Waals surface area contributed by atoms with Gasteiger partial charge in [0, 0.05) is 6.42 Å². The number of aliphatic hydroxyl groups is 1. The first-order valence-electron chi connectivity index (χ1n) is 4.68. The van der Waals surface area contributed by atoms with Gasteiger partial charge in [0.15, 0.2) is 0 Å². The zero-order chi connectivity index (χ0) is 9.56. The lowest BCUT2D eigenvalue weighted by molar-refractivity contribution is 0.253. The summed E-state index contributed by atoms with van der Waals surface area (Å²) in [6, 6.07) is 0. The van der Waals surface area contributed by atoms with Crippen molar-refractivity contribution in [1.29, 1.82) is 0 Å². The SMILES string of the molecule is CC(O)C#CCC(C)CC(C)C. The summed E-state index contributed by atoms with van der Waals surface area (Å²) in [6.45, 7) is 8.34. The van der Waals surface area contributed by atoms with Gasteiger partial charge in [-0.25, -0.2) is 0 Å². The highest BCUT2D eigenvalue weighted by Gasteiger charge is 2.02. The van der Waals surface area contributed by atoms with E-state index < -0.39 is 6.10 Å². The number of hydrogen-bond donors (Lipinski definition) is 1. The maximum absolute atomic E-state index is 8.87. The monoisotopic (exact) mass is 168 g/mol. The van der Waals surface area contributed by atoms with Crippen molar-refractivity contribution in [2.45, 2.75) is 46.6 Å². The van der Waals surface area contributed by atoms with Gasteiger partial charge in [-0.1, -0.05) is 26.7 Å². The molecule has 1 N–H and O–H groups in total. The van der Waals surface area contributed by atoms with Crippen LogP contribution in [0.25, 0.3) is 0 Å². The van der Waals surface area contributed by atoms with E-state index in [9.17, 15) is 0 Å². The van der Waals surface area contributed by atoms with Crippen LogP contribution in [0.4, 0.5) is 0 Å². The minimum Gasteiger partial charge on any atom is -0.381 e. The summed E-state index contributed by atoms with van der Waals surface area (Å²) in [5.41, 5.74) is 0. The van der Waals surface area contributed by atoms with Crippen LogP contribution in [-0.4, -0.2) is 11.2 Å². The molecule has 0 radical (unpaired) electrons. The molecular weight excluding hydrogens is 148 g/mol. The van der Waals surface area contributed by atoms with Crippen molar-refractivity contribution in [1.82, 2.24) is 0 Å². The molecule has 0 rings (SSSR count). The van der Waals surface area contributed by atoms with Gasteiger partial charge in [-0.05, 0) is 25.2 Å². The molecule has 0 aromatic carbocycles. The molecule has 0 bridgehead atoms. The largest absolute Gasteiger partial charge is 0.381 e. The van der Waals surface area contributed by atoms with Crippen molar-refractivity contribution >= 4 is 0 Å². The van der Waals surface area contributed by atoms with Crippen LogP contribution in [0.2, 0.25) is 0 Å². The van der Waals surface area contributed by atoms with Crippen LogP contribution in [0.3, 0.4) is 0 Å². The minimum absolute atomic E-state index is 0.476. The summed E-state index contributed by atoms with van der Waals surface area (Å²) in [4.78, 5) is 0. The van der Waals surface area contributed by atoms with Gasteiger partial charge in [-0.2, -0.15) is 0 Å². The quantitative estimate of drug-likeness (QED) is 0.642. The lowest BCUT2D eigenvalue weighted by Gasteiger charge is -2.09. The standard InChI is InChI=1S/C11H20O/c1-9(2)8-10(3)6-5-7-11(4)12/h9-12H,6,8H2,1-4H3. The molecule has 1 heteroatoms. The highest BCUT2D eigenvalue weighted by Crippen LogP contribution is 2.13. The molecule has 12 heavy (non-hydrogen) atoms. The van der Waals surface area contributed by atoms with E-state index in [0.717, 1.165) is 12.3 Å². The van der Waals surface area contributed by atoms with Gasteiger partial charge in [0.1, 0.15) is 6.10 Å². The second kappa shape index (κ2) is 6.08. The zero-order valence-electron chi connectivity index (χ0n) is 8.59. The van der Waals surface area contributed by atoms with E-state index in [2.05, 4.69) is 32.6 Å². The molecule has 70 valence electrons. The predicted molar refractivity (Wildman–Crippen MR) is 52.7 cm³/mol. The number of aliphatic hydroxyl groups excluding tert-OH is 1. The molecule has 0 aliphatic heterocycles. The lowest BCUT2D eigenvalue weighted by Crippen LogP contribution is -1.99. The van der Waals surface area contributed by atoms with Gasteiger partial charge in [0.25, 0.3) is 0 Å². The third-order valence-corrected chi connectivity index (χ3v) is 1.64. The van der Waals surface area contributed by atoms with Crippen LogP contribution < -0.4 is 0 Å². The Hall–Kier alpha value is -0.480. The first kappa shape index (κ1) is 11.5. The fraction of sp³-hybridized carbons (Fsp3) is 0.818. The minimum atomic E-state index is -0.476. The Kier molecular flexibility index (Phi) is 5.84. The molecule has 0 saturated heterocycles. The molecule has 0 spiro atoms. The summed E-state index contributed by atoms with van der Waals surface area (Å²) in [6.07, 6.45) is 1.65. The van der Waals surface area contributed by atoms with Crippen molar-refractivity contribution in [2.24, 2.45) is 11.8 Å². The van der Waals surface area contributed by atoms with Gasteiger partial charge < -0.3 is 5.11 Å². The van der Waals surface area contributed by atoms with Gasteiger partial charge >= 0.3 is 0 Å². The van der Waals surface area contributed by atoms with Gasteiger partial charge in [0.2, 0.25) is 0 Å².